The first-order valence-electron chi connectivity index (χ1n) is 4.96. The van der Waals surface area contributed by atoms with Gasteiger partial charge in [0.2, 0.25) is 5.90 Å². The fourth-order valence-corrected chi connectivity index (χ4v) is 1.85. The molecule has 3 heteroatoms. The summed E-state index contributed by atoms with van der Waals surface area (Å²) in [6.45, 7) is 4.39. The van der Waals surface area contributed by atoms with Gasteiger partial charge in [0.15, 0.2) is 6.10 Å². The maximum absolute atomic E-state index is 5.71. The van der Waals surface area contributed by atoms with Crippen LogP contribution in [0.5, 0.6) is 0 Å². The molecule has 15 heavy (non-hydrogen) atoms. The summed E-state index contributed by atoms with van der Waals surface area (Å²) in [4.78, 5) is 4.48. The summed E-state index contributed by atoms with van der Waals surface area (Å²) in [7, 11) is 0. The van der Waals surface area contributed by atoms with Crippen molar-refractivity contribution in [1.82, 2.24) is 0 Å². The van der Waals surface area contributed by atoms with E-state index >= 15 is 0 Å². The highest BCUT2D eigenvalue weighted by Gasteiger charge is 2.40. The first-order chi connectivity index (χ1) is 7.34. The van der Waals surface area contributed by atoms with Gasteiger partial charge in [-0.05, 0) is 12.1 Å². The Morgan fingerprint density at radius 1 is 1.27 bits per heavy atom. The summed E-state index contributed by atoms with van der Waals surface area (Å²) in [5, 5.41) is 0. The van der Waals surface area contributed by atoms with Crippen molar-refractivity contribution in [3.63, 3.8) is 0 Å². The van der Waals surface area contributed by atoms with Crippen molar-refractivity contribution in [2.45, 2.75) is 12.1 Å². The molecule has 1 aromatic rings. The minimum atomic E-state index is -0.0831. The molecular formula is C12H11NO2. The SMILES string of the molecule is C=C1OC[C@@H]2N=C(c3ccccc3)O[C@H]12. The topological polar surface area (TPSA) is 30.8 Å². The van der Waals surface area contributed by atoms with Gasteiger partial charge in [-0.25, -0.2) is 4.99 Å². The molecule has 76 valence electrons. The molecule has 0 spiro atoms. The molecular weight excluding hydrogens is 190 g/mol. The van der Waals surface area contributed by atoms with Crippen molar-refractivity contribution in [3.8, 4) is 0 Å². The van der Waals surface area contributed by atoms with Crippen LogP contribution < -0.4 is 0 Å². The quantitative estimate of drug-likeness (QED) is 0.693. The summed E-state index contributed by atoms with van der Waals surface area (Å²) >= 11 is 0. The van der Waals surface area contributed by atoms with Gasteiger partial charge < -0.3 is 9.47 Å². The number of hydrogen-bond acceptors (Lipinski definition) is 3. The molecule has 2 aliphatic rings. The molecule has 0 amide bonds. The van der Waals surface area contributed by atoms with E-state index in [0.29, 0.717) is 18.3 Å². The molecule has 0 radical (unpaired) electrons. The Morgan fingerprint density at radius 3 is 2.80 bits per heavy atom. The van der Waals surface area contributed by atoms with E-state index in [2.05, 4.69) is 11.6 Å². The van der Waals surface area contributed by atoms with Crippen molar-refractivity contribution in [2.24, 2.45) is 4.99 Å². The average Bonchev–Trinajstić information content (AvgIpc) is 2.83. The highest BCUT2D eigenvalue weighted by molar-refractivity contribution is 5.95. The fourth-order valence-electron chi connectivity index (χ4n) is 1.85. The van der Waals surface area contributed by atoms with Crippen LogP contribution in [0.1, 0.15) is 5.56 Å². The summed E-state index contributed by atoms with van der Waals surface area (Å²) < 4.78 is 11.0. The lowest BCUT2D eigenvalue weighted by atomic mass is 10.2. The number of benzene rings is 1. The molecule has 1 saturated heterocycles. The summed E-state index contributed by atoms with van der Waals surface area (Å²) in [6, 6.07) is 9.99. The van der Waals surface area contributed by atoms with E-state index in [1.165, 1.54) is 0 Å². The molecule has 0 saturated carbocycles. The molecule has 3 nitrogen and oxygen atoms in total. The van der Waals surface area contributed by atoms with Gasteiger partial charge in [0.25, 0.3) is 0 Å². The number of fused-ring (bicyclic) bond motifs is 1. The lowest BCUT2D eigenvalue weighted by Crippen LogP contribution is -2.18. The van der Waals surface area contributed by atoms with Crippen LogP contribution in [0.25, 0.3) is 0 Å². The van der Waals surface area contributed by atoms with Gasteiger partial charge in [0.1, 0.15) is 18.4 Å². The number of aliphatic imine (C=N–C) groups is 1. The van der Waals surface area contributed by atoms with E-state index in [1.54, 1.807) is 0 Å². The Labute approximate surface area is 88.0 Å². The smallest absolute Gasteiger partial charge is 0.217 e. The molecule has 2 atom stereocenters. The lowest BCUT2D eigenvalue weighted by Gasteiger charge is -2.08. The third-order valence-corrected chi connectivity index (χ3v) is 2.65. The van der Waals surface area contributed by atoms with Crippen LogP contribution in [-0.4, -0.2) is 24.7 Å². The zero-order valence-electron chi connectivity index (χ0n) is 8.22. The first-order valence-corrected chi connectivity index (χ1v) is 4.96. The number of nitrogens with zero attached hydrogens (tertiary/aromatic N) is 1. The monoisotopic (exact) mass is 201 g/mol. The van der Waals surface area contributed by atoms with Crippen molar-refractivity contribution in [2.75, 3.05) is 6.61 Å². The van der Waals surface area contributed by atoms with E-state index in [9.17, 15) is 0 Å². The third kappa shape index (κ3) is 1.31. The highest BCUT2D eigenvalue weighted by Crippen LogP contribution is 2.29. The minimum Gasteiger partial charge on any atom is -0.492 e. The largest absolute Gasteiger partial charge is 0.492 e. The second kappa shape index (κ2) is 3.12. The van der Waals surface area contributed by atoms with Crippen LogP contribution in [-0.2, 0) is 9.47 Å². The maximum atomic E-state index is 5.71. The number of hydrogen-bond donors (Lipinski definition) is 0. The molecule has 0 N–H and O–H groups in total. The van der Waals surface area contributed by atoms with Crippen molar-refractivity contribution in [3.05, 3.63) is 48.2 Å². The number of ether oxygens (including phenoxy) is 2. The molecule has 3 rings (SSSR count). The molecule has 1 fully saturated rings. The molecule has 1 aromatic carbocycles. The standard InChI is InChI=1S/C12H11NO2/c1-8-11-10(7-14-8)13-12(15-11)9-5-3-2-4-6-9/h2-6,10-11H,1,7H2/t10-,11+/m0/s1. The van der Waals surface area contributed by atoms with Gasteiger partial charge in [0.05, 0.1) is 0 Å². The van der Waals surface area contributed by atoms with E-state index in [1.807, 2.05) is 30.3 Å². The van der Waals surface area contributed by atoms with Gasteiger partial charge in [-0.3, -0.25) is 0 Å². The van der Waals surface area contributed by atoms with Crippen molar-refractivity contribution >= 4 is 5.90 Å². The first kappa shape index (κ1) is 8.53. The molecule has 2 heterocycles. The van der Waals surface area contributed by atoms with Gasteiger partial charge in [-0.15, -0.1) is 0 Å². The minimum absolute atomic E-state index is 0.0831. The molecule has 0 unspecified atom stereocenters. The molecule has 2 aliphatic heterocycles. The van der Waals surface area contributed by atoms with E-state index in [4.69, 9.17) is 9.47 Å². The Balaban J connectivity index is 1.89. The number of rotatable bonds is 1. The van der Waals surface area contributed by atoms with Gasteiger partial charge in [-0.2, -0.15) is 0 Å². The van der Waals surface area contributed by atoms with Crippen molar-refractivity contribution in [1.29, 1.82) is 0 Å². The molecule has 0 aromatic heterocycles. The van der Waals surface area contributed by atoms with Crippen LogP contribution in [0.3, 0.4) is 0 Å². The predicted molar refractivity (Wildman–Crippen MR) is 56.7 cm³/mol. The van der Waals surface area contributed by atoms with Crippen LogP contribution in [0.15, 0.2) is 47.7 Å². The summed E-state index contributed by atoms with van der Waals surface area (Å²) in [5.41, 5.74) is 1.01. The van der Waals surface area contributed by atoms with Crippen LogP contribution in [0, 0.1) is 0 Å². The molecule has 0 aliphatic carbocycles. The highest BCUT2D eigenvalue weighted by atomic mass is 16.6. The second-order valence-electron chi connectivity index (χ2n) is 3.68. The predicted octanol–water partition coefficient (Wildman–Crippen LogP) is 1.74. The van der Waals surface area contributed by atoms with Crippen molar-refractivity contribution < 1.29 is 9.47 Å². The summed E-state index contributed by atoms with van der Waals surface area (Å²) in [6.07, 6.45) is -0.0831. The average molecular weight is 201 g/mol. The van der Waals surface area contributed by atoms with E-state index in [0.717, 1.165) is 5.56 Å². The van der Waals surface area contributed by atoms with Gasteiger partial charge in [-0.1, -0.05) is 24.8 Å². The van der Waals surface area contributed by atoms with E-state index < -0.39 is 0 Å². The van der Waals surface area contributed by atoms with Crippen LogP contribution in [0.4, 0.5) is 0 Å². The molecule has 0 bridgehead atoms. The third-order valence-electron chi connectivity index (χ3n) is 2.65. The Hall–Kier alpha value is -1.77. The van der Waals surface area contributed by atoms with Crippen LogP contribution >= 0.6 is 0 Å². The van der Waals surface area contributed by atoms with Gasteiger partial charge in [0, 0.05) is 5.56 Å². The lowest BCUT2D eigenvalue weighted by molar-refractivity contribution is 0.211. The van der Waals surface area contributed by atoms with Crippen LogP contribution in [0.2, 0.25) is 0 Å². The normalized spacial score (nSPS) is 28.0. The Morgan fingerprint density at radius 2 is 2.07 bits per heavy atom. The van der Waals surface area contributed by atoms with E-state index in [-0.39, 0.29) is 12.1 Å². The second-order valence-corrected chi connectivity index (χ2v) is 3.68. The summed E-state index contributed by atoms with van der Waals surface area (Å²) in [5.74, 6) is 1.39. The fraction of sp³-hybridized carbons (Fsp3) is 0.250. The zero-order chi connectivity index (χ0) is 10.3. The Bertz CT molecular complexity index is 425. The van der Waals surface area contributed by atoms with Gasteiger partial charge >= 0.3 is 0 Å². The zero-order valence-corrected chi connectivity index (χ0v) is 8.22. The maximum Gasteiger partial charge on any atom is 0.217 e. The Kier molecular flexibility index (Phi) is 1.78.